The van der Waals surface area contributed by atoms with Crippen LogP contribution >= 0.6 is 15.9 Å². The summed E-state index contributed by atoms with van der Waals surface area (Å²) in [5, 5.41) is 7.72. The molecule has 1 heterocycles. The largest absolute Gasteiger partial charge is 0.262 e. The van der Waals surface area contributed by atoms with Crippen LogP contribution in [-0.4, -0.2) is 15.2 Å². The van der Waals surface area contributed by atoms with Gasteiger partial charge in [0.05, 0.1) is 5.33 Å². The number of rotatable bonds is 2. The molecule has 1 N–H and O–H groups in total. The van der Waals surface area contributed by atoms with Crippen molar-refractivity contribution in [1.82, 2.24) is 15.2 Å². The van der Waals surface area contributed by atoms with Crippen molar-refractivity contribution in [2.24, 2.45) is 0 Å². The third kappa shape index (κ3) is 1.08. The number of alkyl halides is 1. The fraction of sp³-hybridized carbons (Fsp3) is 0.667. The number of aromatic nitrogens is 3. The number of hydrogen-bond donors (Lipinski definition) is 1. The van der Waals surface area contributed by atoms with Gasteiger partial charge in [-0.25, -0.2) is 4.98 Å². The normalized spacial score (nSPS) is 17.7. The van der Waals surface area contributed by atoms with Gasteiger partial charge in [-0.1, -0.05) is 15.9 Å². The van der Waals surface area contributed by atoms with Gasteiger partial charge in [0, 0.05) is 5.92 Å². The lowest BCUT2D eigenvalue weighted by molar-refractivity contribution is 0.934. The molecule has 0 atom stereocenters. The van der Waals surface area contributed by atoms with Crippen LogP contribution < -0.4 is 0 Å². The summed E-state index contributed by atoms with van der Waals surface area (Å²) >= 11 is 3.31. The van der Waals surface area contributed by atoms with Crippen molar-refractivity contribution in [2.45, 2.75) is 24.1 Å². The zero-order valence-corrected chi connectivity index (χ0v) is 7.06. The number of nitrogens with zero attached hydrogens (tertiary/aromatic N) is 2. The van der Waals surface area contributed by atoms with E-state index in [9.17, 15) is 0 Å². The second kappa shape index (κ2) is 2.34. The Morgan fingerprint density at radius 3 is 2.90 bits per heavy atom. The standard InChI is InChI=1S/C6H8BrN3/c7-3-5-8-6(10-9-5)4-1-2-4/h4H,1-3H2,(H,8,9,10). The predicted molar refractivity (Wildman–Crippen MR) is 41.0 cm³/mol. The van der Waals surface area contributed by atoms with Crippen LogP contribution in [0.2, 0.25) is 0 Å². The smallest absolute Gasteiger partial charge is 0.153 e. The van der Waals surface area contributed by atoms with E-state index in [1.165, 1.54) is 12.8 Å². The lowest BCUT2D eigenvalue weighted by Gasteiger charge is -1.81. The van der Waals surface area contributed by atoms with Gasteiger partial charge >= 0.3 is 0 Å². The quantitative estimate of drug-likeness (QED) is 0.739. The lowest BCUT2D eigenvalue weighted by atomic mass is 10.4. The van der Waals surface area contributed by atoms with Crippen molar-refractivity contribution in [1.29, 1.82) is 0 Å². The molecule has 0 aliphatic heterocycles. The molecular formula is C6H8BrN3. The Hall–Kier alpha value is -0.380. The van der Waals surface area contributed by atoms with E-state index in [2.05, 4.69) is 31.1 Å². The Kier molecular flexibility index (Phi) is 1.48. The van der Waals surface area contributed by atoms with Gasteiger partial charge < -0.3 is 0 Å². The third-order valence-electron chi connectivity index (χ3n) is 1.62. The average Bonchev–Trinajstić information content (AvgIpc) is 2.70. The Balaban J connectivity index is 2.19. The molecule has 0 spiro atoms. The van der Waals surface area contributed by atoms with Crippen LogP contribution in [0.1, 0.15) is 30.4 Å². The molecule has 1 aliphatic rings. The SMILES string of the molecule is BrCc1nc(C2CC2)n[nH]1. The lowest BCUT2D eigenvalue weighted by Crippen LogP contribution is -1.81. The summed E-state index contributed by atoms with van der Waals surface area (Å²) in [6.45, 7) is 0. The summed E-state index contributed by atoms with van der Waals surface area (Å²) in [6.07, 6.45) is 2.53. The van der Waals surface area contributed by atoms with Gasteiger partial charge in [-0.2, -0.15) is 5.10 Å². The zero-order chi connectivity index (χ0) is 6.97. The number of halogens is 1. The van der Waals surface area contributed by atoms with Crippen LogP contribution in [0.25, 0.3) is 0 Å². The van der Waals surface area contributed by atoms with Crippen molar-refractivity contribution in [3.63, 3.8) is 0 Å². The highest BCUT2D eigenvalue weighted by atomic mass is 79.9. The molecule has 0 radical (unpaired) electrons. The second-order valence-corrected chi connectivity index (χ2v) is 3.11. The average molecular weight is 202 g/mol. The first-order valence-corrected chi connectivity index (χ1v) is 4.49. The minimum absolute atomic E-state index is 0.657. The summed E-state index contributed by atoms with van der Waals surface area (Å²) in [5.41, 5.74) is 0. The van der Waals surface area contributed by atoms with Gasteiger partial charge in [-0.15, -0.1) is 0 Å². The summed E-state index contributed by atoms with van der Waals surface area (Å²) in [4.78, 5) is 4.28. The highest BCUT2D eigenvalue weighted by molar-refractivity contribution is 9.08. The van der Waals surface area contributed by atoms with Gasteiger partial charge in [0.2, 0.25) is 0 Å². The van der Waals surface area contributed by atoms with Crippen molar-refractivity contribution in [3.05, 3.63) is 11.6 Å². The first-order valence-electron chi connectivity index (χ1n) is 3.37. The maximum absolute atomic E-state index is 4.28. The number of aromatic amines is 1. The Labute approximate surface area is 67.4 Å². The molecule has 0 saturated heterocycles. The van der Waals surface area contributed by atoms with E-state index in [0.717, 1.165) is 17.0 Å². The van der Waals surface area contributed by atoms with E-state index in [1.807, 2.05) is 0 Å². The van der Waals surface area contributed by atoms with Gasteiger partial charge in [0.15, 0.2) is 5.82 Å². The Morgan fingerprint density at radius 2 is 2.40 bits per heavy atom. The molecule has 1 aromatic heterocycles. The molecule has 4 heteroatoms. The van der Waals surface area contributed by atoms with Crippen LogP contribution in [0, 0.1) is 0 Å². The Morgan fingerprint density at radius 1 is 1.60 bits per heavy atom. The van der Waals surface area contributed by atoms with Crippen molar-refractivity contribution < 1.29 is 0 Å². The topological polar surface area (TPSA) is 41.6 Å². The van der Waals surface area contributed by atoms with E-state index in [1.54, 1.807) is 0 Å². The van der Waals surface area contributed by atoms with Crippen LogP contribution in [-0.2, 0) is 5.33 Å². The van der Waals surface area contributed by atoms with Crippen molar-refractivity contribution in [3.8, 4) is 0 Å². The van der Waals surface area contributed by atoms with Crippen molar-refractivity contribution >= 4 is 15.9 Å². The van der Waals surface area contributed by atoms with Crippen molar-refractivity contribution in [2.75, 3.05) is 0 Å². The minimum atomic E-state index is 0.657. The molecule has 1 fully saturated rings. The number of hydrogen-bond acceptors (Lipinski definition) is 2. The second-order valence-electron chi connectivity index (χ2n) is 2.55. The summed E-state index contributed by atoms with van der Waals surface area (Å²) in [5.74, 6) is 2.58. The molecule has 1 aliphatic carbocycles. The highest BCUT2D eigenvalue weighted by Crippen LogP contribution is 2.37. The summed E-state index contributed by atoms with van der Waals surface area (Å²) in [7, 11) is 0. The Bertz CT molecular complexity index is 229. The molecule has 1 saturated carbocycles. The fourth-order valence-corrected chi connectivity index (χ4v) is 1.14. The van der Waals surface area contributed by atoms with Crippen LogP contribution in [0.3, 0.4) is 0 Å². The first-order chi connectivity index (χ1) is 4.90. The van der Waals surface area contributed by atoms with Crippen LogP contribution in [0.15, 0.2) is 0 Å². The van der Waals surface area contributed by atoms with Crippen LogP contribution in [0.5, 0.6) is 0 Å². The molecular weight excluding hydrogens is 194 g/mol. The van der Waals surface area contributed by atoms with E-state index in [4.69, 9.17) is 0 Å². The molecule has 0 amide bonds. The maximum atomic E-state index is 4.28. The molecule has 0 bridgehead atoms. The third-order valence-corrected chi connectivity index (χ3v) is 2.15. The maximum Gasteiger partial charge on any atom is 0.153 e. The van der Waals surface area contributed by atoms with E-state index >= 15 is 0 Å². The van der Waals surface area contributed by atoms with E-state index < -0.39 is 0 Å². The van der Waals surface area contributed by atoms with Gasteiger partial charge in [0.1, 0.15) is 5.82 Å². The predicted octanol–water partition coefficient (Wildman–Crippen LogP) is 1.58. The van der Waals surface area contributed by atoms with Gasteiger partial charge in [-0.05, 0) is 12.8 Å². The van der Waals surface area contributed by atoms with Crippen LogP contribution in [0.4, 0.5) is 0 Å². The monoisotopic (exact) mass is 201 g/mol. The molecule has 0 aromatic carbocycles. The molecule has 1 aromatic rings. The molecule has 2 rings (SSSR count). The molecule has 54 valence electrons. The summed E-state index contributed by atoms with van der Waals surface area (Å²) < 4.78 is 0. The molecule has 0 unspecified atom stereocenters. The van der Waals surface area contributed by atoms with Gasteiger partial charge in [-0.3, -0.25) is 5.10 Å². The zero-order valence-electron chi connectivity index (χ0n) is 5.47. The number of H-pyrrole nitrogens is 1. The van der Waals surface area contributed by atoms with E-state index in [0.29, 0.717) is 5.92 Å². The fourth-order valence-electron chi connectivity index (χ4n) is 0.894. The molecule has 3 nitrogen and oxygen atoms in total. The minimum Gasteiger partial charge on any atom is -0.262 e. The van der Waals surface area contributed by atoms with E-state index in [-0.39, 0.29) is 0 Å². The summed E-state index contributed by atoms with van der Waals surface area (Å²) in [6, 6.07) is 0. The number of nitrogens with one attached hydrogen (secondary N) is 1. The first kappa shape index (κ1) is 6.34. The molecule has 10 heavy (non-hydrogen) atoms. The van der Waals surface area contributed by atoms with Gasteiger partial charge in [0.25, 0.3) is 0 Å². The highest BCUT2D eigenvalue weighted by Gasteiger charge is 2.27.